The number of piperazine rings is 1. The molecule has 0 atom stereocenters. The highest BCUT2D eigenvalue weighted by atomic mass is 35.5. The van der Waals surface area contributed by atoms with E-state index in [-0.39, 0.29) is 6.09 Å². The van der Waals surface area contributed by atoms with Gasteiger partial charge in [0, 0.05) is 42.0 Å². The van der Waals surface area contributed by atoms with E-state index in [1.54, 1.807) is 11.1 Å². The van der Waals surface area contributed by atoms with Crippen LogP contribution in [0.15, 0.2) is 24.4 Å². The first-order chi connectivity index (χ1) is 11.3. The van der Waals surface area contributed by atoms with E-state index in [1.165, 1.54) is 0 Å². The van der Waals surface area contributed by atoms with Gasteiger partial charge in [-0.3, -0.25) is 0 Å². The number of rotatable bonds is 1. The second-order valence-electron chi connectivity index (χ2n) is 6.85. The van der Waals surface area contributed by atoms with Crippen molar-refractivity contribution in [2.45, 2.75) is 26.4 Å². The van der Waals surface area contributed by atoms with Crippen LogP contribution in [0.25, 0.3) is 10.8 Å². The number of hydrogen-bond donors (Lipinski definition) is 0. The molecule has 1 aliphatic rings. The quantitative estimate of drug-likeness (QED) is 0.791. The minimum absolute atomic E-state index is 0.269. The van der Waals surface area contributed by atoms with Crippen molar-refractivity contribution in [3.05, 3.63) is 29.4 Å². The minimum atomic E-state index is -0.480. The van der Waals surface area contributed by atoms with E-state index in [2.05, 4.69) is 15.1 Å². The van der Waals surface area contributed by atoms with Crippen molar-refractivity contribution in [2.24, 2.45) is 0 Å². The summed E-state index contributed by atoms with van der Waals surface area (Å²) in [6.45, 7) is 8.16. The SMILES string of the molecule is CC(C)(C)OC(=O)N1CCN(c2nncc3ccc(Cl)cc23)CC1. The molecule has 2 heterocycles. The van der Waals surface area contributed by atoms with Crippen molar-refractivity contribution in [3.8, 4) is 0 Å². The molecule has 1 aromatic heterocycles. The molecular formula is C17H21ClN4O2. The zero-order chi connectivity index (χ0) is 17.3. The molecule has 0 radical (unpaired) electrons. The third kappa shape index (κ3) is 3.70. The van der Waals surface area contributed by atoms with Gasteiger partial charge in [-0.2, -0.15) is 5.10 Å². The van der Waals surface area contributed by atoms with Crippen LogP contribution in [0.1, 0.15) is 20.8 Å². The Hall–Kier alpha value is -2.08. The highest BCUT2D eigenvalue weighted by Crippen LogP contribution is 2.27. The van der Waals surface area contributed by atoms with E-state index < -0.39 is 5.60 Å². The number of carbonyl (C=O) groups excluding carboxylic acids is 1. The van der Waals surface area contributed by atoms with Crippen molar-refractivity contribution in [3.63, 3.8) is 0 Å². The number of fused-ring (bicyclic) bond motifs is 1. The molecule has 0 saturated carbocycles. The zero-order valence-corrected chi connectivity index (χ0v) is 14.9. The number of amides is 1. The van der Waals surface area contributed by atoms with Crippen molar-refractivity contribution in [2.75, 3.05) is 31.1 Å². The second-order valence-corrected chi connectivity index (χ2v) is 7.29. The van der Waals surface area contributed by atoms with E-state index in [4.69, 9.17) is 16.3 Å². The molecule has 24 heavy (non-hydrogen) atoms. The van der Waals surface area contributed by atoms with Gasteiger partial charge in [-0.25, -0.2) is 4.79 Å². The van der Waals surface area contributed by atoms with E-state index in [1.807, 2.05) is 39.0 Å². The summed E-state index contributed by atoms with van der Waals surface area (Å²) in [4.78, 5) is 16.0. The average Bonchev–Trinajstić information content (AvgIpc) is 2.53. The number of benzene rings is 1. The predicted octanol–water partition coefficient (Wildman–Crippen LogP) is 3.34. The van der Waals surface area contributed by atoms with Crippen LogP contribution < -0.4 is 4.90 Å². The van der Waals surface area contributed by atoms with E-state index in [9.17, 15) is 4.79 Å². The molecule has 3 rings (SSSR count). The Morgan fingerprint density at radius 1 is 1.21 bits per heavy atom. The van der Waals surface area contributed by atoms with Gasteiger partial charge in [0.2, 0.25) is 0 Å². The summed E-state index contributed by atoms with van der Waals surface area (Å²) in [7, 11) is 0. The Morgan fingerprint density at radius 3 is 2.58 bits per heavy atom. The van der Waals surface area contributed by atoms with E-state index >= 15 is 0 Å². The first-order valence-electron chi connectivity index (χ1n) is 7.97. The Labute approximate surface area is 146 Å². The predicted molar refractivity (Wildman–Crippen MR) is 94.6 cm³/mol. The zero-order valence-electron chi connectivity index (χ0n) is 14.1. The molecule has 1 aromatic carbocycles. The van der Waals surface area contributed by atoms with Crippen LogP contribution in [0, 0.1) is 0 Å². The van der Waals surface area contributed by atoms with Crippen molar-refractivity contribution < 1.29 is 9.53 Å². The van der Waals surface area contributed by atoms with Gasteiger partial charge in [-0.15, -0.1) is 5.10 Å². The molecule has 1 aliphatic heterocycles. The van der Waals surface area contributed by atoms with Gasteiger partial charge in [0.1, 0.15) is 5.60 Å². The average molecular weight is 349 g/mol. The van der Waals surface area contributed by atoms with Gasteiger partial charge < -0.3 is 14.5 Å². The maximum absolute atomic E-state index is 12.2. The lowest BCUT2D eigenvalue weighted by Gasteiger charge is -2.36. The van der Waals surface area contributed by atoms with Crippen molar-refractivity contribution in [1.29, 1.82) is 0 Å². The maximum Gasteiger partial charge on any atom is 0.410 e. The number of aromatic nitrogens is 2. The molecule has 0 unspecified atom stereocenters. The van der Waals surface area contributed by atoms with Crippen LogP contribution in [0.4, 0.5) is 10.6 Å². The Kier molecular flexibility index (Phi) is 4.49. The molecule has 1 saturated heterocycles. The van der Waals surface area contributed by atoms with Gasteiger partial charge in [0.15, 0.2) is 5.82 Å². The lowest BCUT2D eigenvalue weighted by atomic mass is 10.1. The van der Waals surface area contributed by atoms with Crippen LogP contribution in [-0.4, -0.2) is 53.0 Å². The Morgan fingerprint density at radius 2 is 1.92 bits per heavy atom. The number of anilines is 1. The normalized spacial score (nSPS) is 15.7. The first kappa shape index (κ1) is 16.8. The molecule has 1 amide bonds. The van der Waals surface area contributed by atoms with Crippen LogP contribution >= 0.6 is 11.6 Å². The molecule has 128 valence electrons. The number of hydrogen-bond acceptors (Lipinski definition) is 5. The molecule has 1 fully saturated rings. The number of nitrogens with zero attached hydrogens (tertiary/aromatic N) is 4. The third-order valence-corrected chi connectivity index (χ3v) is 4.07. The fourth-order valence-electron chi connectivity index (χ4n) is 2.70. The highest BCUT2D eigenvalue weighted by Gasteiger charge is 2.27. The topological polar surface area (TPSA) is 58.6 Å². The summed E-state index contributed by atoms with van der Waals surface area (Å²) in [6, 6.07) is 5.68. The van der Waals surface area contributed by atoms with E-state index in [0.717, 1.165) is 16.6 Å². The largest absolute Gasteiger partial charge is 0.444 e. The van der Waals surface area contributed by atoms with Crippen LogP contribution in [0.2, 0.25) is 5.02 Å². The van der Waals surface area contributed by atoms with Gasteiger partial charge in [-0.1, -0.05) is 17.7 Å². The molecule has 0 bridgehead atoms. The molecule has 6 nitrogen and oxygen atoms in total. The van der Waals surface area contributed by atoms with Crippen molar-refractivity contribution in [1.82, 2.24) is 15.1 Å². The molecular weight excluding hydrogens is 328 g/mol. The Balaban J connectivity index is 1.73. The first-order valence-corrected chi connectivity index (χ1v) is 8.35. The summed E-state index contributed by atoms with van der Waals surface area (Å²) >= 11 is 6.12. The third-order valence-electron chi connectivity index (χ3n) is 3.84. The number of carbonyl (C=O) groups is 1. The lowest BCUT2D eigenvalue weighted by molar-refractivity contribution is 0.0240. The monoisotopic (exact) mass is 348 g/mol. The molecule has 0 N–H and O–H groups in total. The van der Waals surface area contributed by atoms with Gasteiger partial charge in [0.05, 0.1) is 6.20 Å². The van der Waals surface area contributed by atoms with Gasteiger partial charge in [0.25, 0.3) is 0 Å². The Bertz CT molecular complexity index is 752. The summed E-state index contributed by atoms with van der Waals surface area (Å²) in [5, 5.41) is 11.0. The second kappa shape index (κ2) is 6.43. The summed E-state index contributed by atoms with van der Waals surface area (Å²) in [5.74, 6) is 0.804. The van der Waals surface area contributed by atoms with Crippen LogP contribution in [-0.2, 0) is 4.74 Å². The van der Waals surface area contributed by atoms with E-state index in [0.29, 0.717) is 31.2 Å². The van der Waals surface area contributed by atoms with Gasteiger partial charge in [-0.05, 0) is 32.9 Å². The van der Waals surface area contributed by atoms with Gasteiger partial charge >= 0.3 is 6.09 Å². The summed E-state index contributed by atoms with van der Waals surface area (Å²) < 4.78 is 5.43. The van der Waals surface area contributed by atoms with Crippen LogP contribution in [0.5, 0.6) is 0 Å². The molecule has 7 heteroatoms. The highest BCUT2D eigenvalue weighted by molar-refractivity contribution is 6.31. The number of ether oxygens (including phenoxy) is 1. The molecule has 2 aromatic rings. The fraction of sp³-hybridized carbons (Fsp3) is 0.471. The van der Waals surface area contributed by atoms with Crippen LogP contribution in [0.3, 0.4) is 0 Å². The standard InChI is InChI=1S/C17H21ClN4O2/c1-17(2,3)24-16(23)22-8-6-21(7-9-22)15-14-10-13(18)5-4-12(14)11-19-20-15/h4-5,10-11H,6-9H2,1-3H3. The van der Waals surface area contributed by atoms with Crippen molar-refractivity contribution >= 4 is 34.3 Å². The molecule has 0 aliphatic carbocycles. The molecule has 0 spiro atoms. The minimum Gasteiger partial charge on any atom is -0.444 e. The smallest absolute Gasteiger partial charge is 0.410 e. The summed E-state index contributed by atoms with van der Waals surface area (Å²) in [6.07, 6.45) is 1.46. The summed E-state index contributed by atoms with van der Waals surface area (Å²) in [5.41, 5.74) is -0.480. The maximum atomic E-state index is 12.2. The fourth-order valence-corrected chi connectivity index (χ4v) is 2.87. The number of halogens is 1. The lowest BCUT2D eigenvalue weighted by Crippen LogP contribution is -2.50.